The van der Waals surface area contributed by atoms with E-state index in [0.29, 0.717) is 25.1 Å². The minimum atomic E-state index is -0.173. The van der Waals surface area contributed by atoms with Crippen molar-refractivity contribution in [1.82, 2.24) is 14.9 Å². The first-order chi connectivity index (χ1) is 11.6. The van der Waals surface area contributed by atoms with E-state index >= 15 is 0 Å². The average molecular weight is 328 g/mol. The quantitative estimate of drug-likeness (QED) is 0.838. The number of nitrogens with zero attached hydrogens (tertiary/aromatic N) is 2. The van der Waals surface area contributed by atoms with Gasteiger partial charge in [-0.15, -0.1) is 0 Å². The highest BCUT2D eigenvalue weighted by molar-refractivity contribution is 5.94. The van der Waals surface area contributed by atoms with Gasteiger partial charge in [-0.3, -0.25) is 9.59 Å². The maximum absolute atomic E-state index is 12.0. The highest BCUT2D eigenvalue weighted by Crippen LogP contribution is 2.26. The number of ether oxygens (including phenoxy) is 1. The van der Waals surface area contributed by atoms with Gasteiger partial charge in [0.05, 0.1) is 6.33 Å². The lowest BCUT2D eigenvalue weighted by molar-refractivity contribution is -0.123. The van der Waals surface area contributed by atoms with Crippen molar-refractivity contribution in [2.45, 2.75) is 32.4 Å². The molecule has 1 atom stereocenters. The van der Waals surface area contributed by atoms with Crippen molar-refractivity contribution < 1.29 is 14.3 Å². The van der Waals surface area contributed by atoms with Crippen molar-refractivity contribution >= 4 is 17.5 Å². The second kappa shape index (κ2) is 7.16. The molecule has 24 heavy (non-hydrogen) atoms. The number of rotatable bonds is 6. The molecule has 1 aliphatic heterocycles. The van der Waals surface area contributed by atoms with Crippen LogP contribution in [0.3, 0.4) is 0 Å². The SMILES string of the molecule is C[C@H](Cn1ccnc1)NC(=O)COc1ccc2c(c1)CCC(=O)N2. The molecule has 0 bridgehead atoms. The number of carbonyl (C=O) groups is 2. The van der Waals surface area contributed by atoms with Crippen LogP contribution in [-0.2, 0) is 22.6 Å². The smallest absolute Gasteiger partial charge is 0.258 e. The fourth-order valence-corrected chi connectivity index (χ4v) is 2.67. The third-order valence-corrected chi connectivity index (χ3v) is 3.79. The number of nitrogens with one attached hydrogen (secondary N) is 2. The van der Waals surface area contributed by atoms with Crippen LogP contribution >= 0.6 is 0 Å². The minimum absolute atomic E-state index is 0.0194. The summed E-state index contributed by atoms with van der Waals surface area (Å²) < 4.78 is 7.46. The molecule has 0 saturated carbocycles. The van der Waals surface area contributed by atoms with E-state index in [0.717, 1.165) is 11.3 Å². The molecule has 2 N–H and O–H groups in total. The summed E-state index contributed by atoms with van der Waals surface area (Å²) in [6, 6.07) is 5.42. The van der Waals surface area contributed by atoms with Crippen LogP contribution in [0.2, 0.25) is 0 Å². The number of aryl methyl sites for hydroxylation is 1. The molecule has 2 amide bonds. The zero-order chi connectivity index (χ0) is 16.9. The number of amides is 2. The number of carbonyl (C=O) groups excluding carboxylic acids is 2. The molecule has 1 aromatic heterocycles. The monoisotopic (exact) mass is 328 g/mol. The van der Waals surface area contributed by atoms with Crippen LogP contribution in [0.15, 0.2) is 36.9 Å². The molecule has 7 heteroatoms. The van der Waals surface area contributed by atoms with Crippen LogP contribution in [0.4, 0.5) is 5.69 Å². The van der Waals surface area contributed by atoms with Crippen LogP contribution in [0.25, 0.3) is 0 Å². The number of hydrogen-bond donors (Lipinski definition) is 2. The number of fused-ring (bicyclic) bond motifs is 1. The van der Waals surface area contributed by atoms with Crippen LogP contribution in [0.1, 0.15) is 18.9 Å². The molecule has 3 rings (SSSR count). The summed E-state index contributed by atoms with van der Waals surface area (Å²) in [5.41, 5.74) is 1.85. The predicted octanol–water partition coefficient (Wildman–Crippen LogP) is 1.35. The Kier molecular flexibility index (Phi) is 4.79. The molecular formula is C17H20N4O3. The number of benzene rings is 1. The van der Waals surface area contributed by atoms with Gasteiger partial charge in [0, 0.05) is 37.1 Å². The maximum Gasteiger partial charge on any atom is 0.258 e. The van der Waals surface area contributed by atoms with Crippen molar-refractivity contribution in [3.63, 3.8) is 0 Å². The van der Waals surface area contributed by atoms with E-state index in [4.69, 9.17) is 4.74 Å². The van der Waals surface area contributed by atoms with Crippen LogP contribution < -0.4 is 15.4 Å². The standard InChI is InChI=1S/C17H20N4O3/c1-12(9-21-7-6-18-11-21)19-17(23)10-24-14-3-4-15-13(8-14)2-5-16(22)20-15/h3-4,6-8,11-12H,2,5,9-10H2,1H3,(H,19,23)(H,20,22)/t12-/m1/s1. The second-order valence-corrected chi connectivity index (χ2v) is 5.88. The minimum Gasteiger partial charge on any atom is -0.484 e. The molecule has 2 aromatic rings. The molecular weight excluding hydrogens is 308 g/mol. The van der Waals surface area contributed by atoms with E-state index in [-0.39, 0.29) is 24.5 Å². The summed E-state index contributed by atoms with van der Waals surface area (Å²) in [7, 11) is 0. The van der Waals surface area contributed by atoms with Crippen LogP contribution in [0.5, 0.6) is 5.75 Å². The average Bonchev–Trinajstić information content (AvgIpc) is 3.05. The number of aromatic nitrogens is 2. The second-order valence-electron chi connectivity index (χ2n) is 5.88. The fraction of sp³-hybridized carbons (Fsp3) is 0.353. The summed E-state index contributed by atoms with van der Waals surface area (Å²) in [4.78, 5) is 27.3. The summed E-state index contributed by atoms with van der Waals surface area (Å²) in [6.07, 6.45) is 6.43. The highest BCUT2D eigenvalue weighted by atomic mass is 16.5. The van der Waals surface area contributed by atoms with Gasteiger partial charge in [-0.1, -0.05) is 0 Å². The van der Waals surface area contributed by atoms with Gasteiger partial charge in [-0.25, -0.2) is 4.98 Å². The van der Waals surface area contributed by atoms with Crippen molar-refractivity contribution in [3.05, 3.63) is 42.5 Å². The Balaban J connectivity index is 1.48. The summed E-state index contributed by atoms with van der Waals surface area (Å²) in [5, 5.41) is 5.70. The van der Waals surface area contributed by atoms with Gasteiger partial charge in [-0.2, -0.15) is 0 Å². The molecule has 0 aliphatic carbocycles. The van der Waals surface area contributed by atoms with Crippen molar-refractivity contribution in [2.24, 2.45) is 0 Å². The number of hydrogen-bond acceptors (Lipinski definition) is 4. The first-order valence-electron chi connectivity index (χ1n) is 7.91. The molecule has 1 aromatic carbocycles. The Labute approximate surface area is 140 Å². The zero-order valence-electron chi connectivity index (χ0n) is 13.5. The zero-order valence-corrected chi connectivity index (χ0v) is 13.5. The molecule has 2 heterocycles. The molecule has 0 radical (unpaired) electrons. The van der Waals surface area contributed by atoms with Crippen molar-refractivity contribution in [1.29, 1.82) is 0 Å². The predicted molar refractivity (Wildman–Crippen MR) is 88.7 cm³/mol. The van der Waals surface area contributed by atoms with Crippen molar-refractivity contribution in [2.75, 3.05) is 11.9 Å². The summed E-state index contributed by atoms with van der Waals surface area (Å²) >= 11 is 0. The van der Waals surface area contributed by atoms with Crippen molar-refractivity contribution in [3.8, 4) is 5.75 Å². The topological polar surface area (TPSA) is 85.2 Å². The van der Waals surface area contributed by atoms with Gasteiger partial charge in [-0.05, 0) is 37.1 Å². The summed E-state index contributed by atoms with van der Waals surface area (Å²) in [5.74, 6) is 0.485. The molecule has 126 valence electrons. The summed E-state index contributed by atoms with van der Waals surface area (Å²) in [6.45, 7) is 2.54. The van der Waals surface area contributed by atoms with Gasteiger partial charge < -0.3 is 19.9 Å². The van der Waals surface area contributed by atoms with Crippen LogP contribution in [0, 0.1) is 0 Å². The van der Waals surface area contributed by atoms with Gasteiger partial charge in [0.2, 0.25) is 5.91 Å². The first-order valence-corrected chi connectivity index (χ1v) is 7.91. The van der Waals surface area contributed by atoms with E-state index < -0.39 is 0 Å². The lowest BCUT2D eigenvalue weighted by atomic mass is 10.0. The molecule has 1 aliphatic rings. The Hall–Kier alpha value is -2.83. The van der Waals surface area contributed by atoms with E-state index in [1.165, 1.54) is 0 Å². The normalized spacial score (nSPS) is 14.5. The van der Waals surface area contributed by atoms with Gasteiger partial charge >= 0.3 is 0 Å². The van der Waals surface area contributed by atoms with E-state index in [1.807, 2.05) is 23.8 Å². The number of imidazole rings is 1. The molecule has 0 unspecified atom stereocenters. The lowest BCUT2D eigenvalue weighted by Gasteiger charge is -2.18. The fourth-order valence-electron chi connectivity index (χ4n) is 2.67. The third kappa shape index (κ3) is 4.13. The van der Waals surface area contributed by atoms with Crippen LogP contribution in [-0.4, -0.2) is 34.0 Å². The van der Waals surface area contributed by atoms with Gasteiger partial charge in [0.25, 0.3) is 5.91 Å². The largest absolute Gasteiger partial charge is 0.484 e. The highest BCUT2D eigenvalue weighted by Gasteiger charge is 2.15. The molecule has 0 spiro atoms. The molecule has 0 fully saturated rings. The van der Waals surface area contributed by atoms with E-state index in [1.54, 1.807) is 24.7 Å². The Bertz CT molecular complexity index is 727. The third-order valence-electron chi connectivity index (χ3n) is 3.79. The van der Waals surface area contributed by atoms with Gasteiger partial charge in [0.1, 0.15) is 5.75 Å². The molecule has 7 nitrogen and oxygen atoms in total. The molecule has 0 saturated heterocycles. The Morgan fingerprint density at radius 3 is 3.12 bits per heavy atom. The first kappa shape index (κ1) is 16.0. The van der Waals surface area contributed by atoms with E-state index in [2.05, 4.69) is 15.6 Å². The number of anilines is 1. The van der Waals surface area contributed by atoms with Gasteiger partial charge in [0.15, 0.2) is 6.61 Å². The Morgan fingerprint density at radius 2 is 2.33 bits per heavy atom. The Morgan fingerprint density at radius 1 is 1.46 bits per heavy atom. The maximum atomic E-state index is 12.0. The van der Waals surface area contributed by atoms with E-state index in [9.17, 15) is 9.59 Å². The lowest BCUT2D eigenvalue weighted by Crippen LogP contribution is -2.38.